The van der Waals surface area contributed by atoms with Crippen LogP contribution in [0.4, 0.5) is 5.69 Å². The fraction of sp³-hybridized carbons (Fsp3) is 0.538. The third-order valence-corrected chi connectivity index (χ3v) is 3.03. The van der Waals surface area contributed by atoms with Gasteiger partial charge < -0.3 is 14.4 Å². The van der Waals surface area contributed by atoms with Gasteiger partial charge >= 0.3 is 0 Å². The van der Waals surface area contributed by atoms with Crippen LogP contribution in [0.5, 0.6) is 5.75 Å². The minimum Gasteiger partial charge on any atom is -0.496 e. The van der Waals surface area contributed by atoms with Gasteiger partial charge in [-0.05, 0) is 19.9 Å². The van der Waals surface area contributed by atoms with Crippen LogP contribution in [0.15, 0.2) is 18.2 Å². The SMILES string of the molecule is CCN(CC)c1ccc([C@H]2CO2)c(OC)c1. The van der Waals surface area contributed by atoms with E-state index in [1.165, 1.54) is 11.3 Å². The molecule has 1 aliphatic rings. The summed E-state index contributed by atoms with van der Waals surface area (Å²) in [6.07, 6.45) is 0.251. The maximum atomic E-state index is 5.42. The van der Waals surface area contributed by atoms with Crippen molar-refractivity contribution in [1.82, 2.24) is 0 Å². The molecule has 1 atom stereocenters. The van der Waals surface area contributed by atoms with Crippen LogP contribution in [0.3, 0.4) is 0 Å². The third kappa shape index (κ3) is 2.14. The van der Waals surface area contributed by atoms with Gasteiger partial charge in [0, 0.05) is 30.4 Å². The molecule has 0 amide bonds. The Morgan fingerprint density at radius 1 is 1.38 bits per heavy atom. The summed E-state index contributed by atoms with van der Waals surface area (Å²) in [6.45, 7) is 7.17. The summed E-state index contributed by atoms with van der Waals surface area (Å²) in [4.78, 5) is 2.31. The molecule has 0 unspecified atom stereocenters. The van der Waals surface area contributed by atoms with Crippen molar-refractivity contribution in [2.45, 2.75) is 20.0 Å². The molecule has 3 nitrogen and oxygen atoms in total. The van der Waals surface area contributed by atoms with Crippen molar-refractivity contribution in [1.29, 1.82) is 0 Å². The number of epoxide rings is 1. The molecule has 0 aliphatic carbocycles. The first-order valence-electron chi connectivity index (χ1n) is 5.84. The predicted molar refractivity (Wildman–Crippen MR) is 65.2 cm³/mol. The molecule has 1 heterocycles. The minimum absolute atomic E-state index is 0.251. The van der Waals surface area contributed by atoms with Crippen LogP contribution >= 0.6 is 0 Å². The number of hydrogen-bond donors (Lipinski definition) is 0. The highest BCUT2D eigenvalue weighted by atomic mass is 16.6. The standard InChI is InChI=1S/C13H19NO2/c1-4-14(5-2)10-6-7-11(13-9-16-13)12(8-10)15-3/h6-8,13H,4-5,9H2,1-3H3/t13-/m1/s1. The number of methoxy groups -OCH3 is 1. The molecule has 1 aromatic carbocycles. The monoisotopic (exact) mass is 221 g/mol. The fourth-order valence-corrected chi connectivity index (χ4v) is 1.98. The molecular weight excluding hydrogens is 202 g/mol. The fourth-order valence-electron chi connectivity index (χ4n) is 1.98. The van der Waals surface area contributed by atoms with Gasteiger partial charge in [-0.25, -0.2) is 0 Å². The summed E-state index contributed by atoms with van der Waals surface area (Å²) < 4.78 is 10.7. The molecule has 1 fully saturated rings. The smallest absolute Gasteiger partial charge is 0.126 e. The molecule has 0 N–H and O–H groups in total. The van der Waals surface area contributed by atoms with Crippen molar-refractivity contribution in [2.75, 3.05) is 31.7 Å². The van der Waals surface area contributed by atoms with E-state index < -0.39 is 0 Å². The first-order chi connectivity index (χ1) is 7.80. The summed E-state index contributed by atoms with van der Waals surface area (Å²) in [6, 6.07) is 6.36. The molecule has 1 saturated heterocycles. The highest BCUT2D eigenvalue weighted by Crippen LogP contribution is 2.38. The largest absolute Gasteiger partial charge is 0.496 e. The molecule has 0 aromatic heterocycles. The predicted octanol–water partition coefficient (Wildman–Crippen LogP) is 2.61. The zero-order valence-electron chi connectivity index (χ0n) is 10.2. The van der Waals surface area contributed by atoms with E-state index in [9.17, 15) is 0 Å². The summed E-state index contributed by atoms with van der Waals surface area (Å²) in [5.74, 6) is 0.937. The number of hydrogen-bond acceptors (Lipinski definition) is 3. The Hall–Kier alpha value is -1.22. The zero-order chi connectivity index (χ0) is 11.5. The second-order valence-electron chi connectivity index (χ2n) is 3.92. The Kier molecular flexibility index (Phi) is 3.34. The molecule has 1 aromatic rings. The lowest BCUT2D eigenvalue weighted by atomic mass is 10.1. The van der Waals surface area contributed by atoms with Crippen LogP contribution in [-0.2, 0) is 4.74 Å². The van der Waals surface area contributed by atoms with Gasteiger partial charge in [0.05, 0.1) is 13.7 Å². The molecule has 16 heavy (non-hydrogen) atoms. The summed E-state index contributed by atoms with van der Waals surface area (Å²) >= 11 is 0. The van der Waals surface area contributed by atoms with Gasteiger partial charge in [0.15, 0.2) is 0 Å². The molecule has 0 radical (unpaired) electrons. The Morgan fingerprint density at radius 2 is 2.06 bits per heavy atom. The molecule has 0 saturated carbocycles. The molecule has 88 valence electrons. The highest BCUT2D eigenvalue weighted by Gasteiger charge is 2.28. The van der Waals surface area contributed by atoms with E-state index in [1.807, 2.05) is 0 Å². The van der Waals surface area contributed by atoms with Crippen LogP contribution in [0.2, 0.25) is 0 Å². The van der Waals surface area contributed by atoms with Crippen LogP contribution in [0.1, 0.15) is 25.5 Å². The van der Waals surface area contributed by atoms with Crippen molar-refractivity contribution in [3.8, 4) is 5.75 Å². The van der Waals surface area contributed by atoms with Gasteiger partial charge in [-0.1, -0.05) is 6.07 Å². The van der Waals surface area contributed by atoms with Crippen molar-refractivity contribution in [3.63, 3.8) is 0 Å². The van der Waals surface area contributed by atoms with Crippen molar-refractivity contribution in [2.24, 2.45) is 0 Å². The van der Waals surface area contributed by atoms with Gasteiger partial charge in [0.1, 0.15) is 11.9 Å². The summed E-state index contributed by atoms with van der Waals surface area (Å²) in [5.41, 5.74) is 2.38. The average molecular weight is 221 g/mol. The molecule has 0 spiro atoms. The van der Waals surface area contributed by atoms with Crippen LogP contribution in [-0.4, -0.2) is 26.8 Å². The Morgan fingerprint density at radius 3 is 2.56 bits per heavy atom. The molecule has 2 rings (SSSR count). The van der Waals surface area contributed by atoms with E-state index in [0.29, 0.717) is 0 Å². The average Bonchev–Trinajstić information content (AvgIpc) is 3.14. The lowest BCUT2D eigenvalue weighted by Gasteiger charge is -2.22. The lowest BCUT2D eigenvalue weighted by Crippen LogP contribution is -2.21. The Bertz CT molecular complexity index is 357. The lowest BCUT2D eigenvalue weighted by molar-refractivity contribution is 0.383. The summed E-state index contributed by atoms with van der Waals surface area (Å²) in [7, 11) is 1.72. The van der Waals surface area contributed by atoms with Gasteiger partial charge in [0.2, 0.25) is 0 Å². The third-order valence-electron chi connectivity index (χ3n) is 3.03. The second-order valence-corrected chi connectivity index (χ2v) is 3.92. The van der Waals surface area contributed by atoms with E-state index >= 15 is 0 Å². The second kappa shape index (κ2) is 4.74. The van der Waals surface area contributed by atoms with Crippen molar-refractivity contribution in [3.05, 3.63) is 23.8 Å². The first-order valence-corrected chi connectivity index (χ1v) is 5.84. The van der Waals surface area contributed by atoms with Crippen LogP contribution in [0, 0.1) is 0 Å². The summed E-state index contributed by atoms with van der Waals surface area (Å²) in [5, 5.41) is 0. The minimum atomic E-state index is 0.251. The number of anilines is 1. The first kappa shape index (κ1) is 11.3. The number of rotatable bonds is 5. The van der Waals surface area contributed by atoms with E-state index in [1.54, 1.807) is 7.11 Å². The van der Waals surface area contributed by atoms with E-state index in [4.69, 9.17) is 9.47 Å². The quantitative estimate of drug-likeness (QED) is 0.714. The topological polar surface area (TPSA) is 25.0 Å². The Labute approximate surface area is 97.0 Å². The Balaban J connectivity index is 2.28. The molecular formula is C13H19NO2. The van der Waals surface area contributed by atoms with Gasteiger partial charge in [-0.3, -0.25) is 0 Å². The molecule has 3 heteroatoms. The van der Waals surface area contributed by atoms with Crippen LogP contribution < -0.4 is 9.64 Å². The van der Waals surface area contributed by atoms with Gasteiger partial charge in [-0.15, -0.1) is 0 Å². The zero-order valence-corrected chi connectivity index (χ0v) is 10.2. The maximum Gasteiger partial charge on any atom is 0.126 e. The number of nitrogens with zero attached hydrogens (tertiary/aromatic N) is 1. The maximum absolute atomic E-state index is 5.42. The van der Waals surface area contributed by atoms with Gasteiger partial charge in [0.25, 0.3) is 0 Å². The highest BCUT2D eigenvalue weighted by molar-refractivity contribution is 5.54. The van der Waals surface area contributed by atoms with E-state index in [2.05, 4.69) is 36.9 Å². The number of ether oxygens (including phenoxy) is 2. The van der Waals surface area contributed by atoms with E-state index in [-0.39, 0.29) is 6.10 Å². The number of benzene rings is 1. The normalized spacial score (nSPS) is 18.3. The molecule has 0 bridgehead atoms. The molecule has 1 aliphatic heterocycles. The van der Waals surface area contributed by atoms with E-state index in [0.717, 1.165) is 25.4 Å². The van der Waals surface area contributed by atoms with Gasteiger partial charge in [-0.2, -0.15) is 0 Å². The van der Waals surface area contributed by atoms with Crippen LogP contribution in [0.25, 0.3) is 0 Å². The van der Waals surface area contributed by atoms with Crippen molar-refractivity contribution < 1.29 is 9.47 Å². The van der Waals surface area contributed by atoms with Crippen molar-refractivity contribution >= 4 is 5.69 Å².